The van der Waals surface area contributed by atoms with E-state index in [0.29, 0.717) is 5.95 Å². The average Bonchev–Trinajstić information content (AvgIpc) is 3.06. The maximum absolute atomic E-state index is 4.73. The van der Waals surface area contributed by atoms with Gasteiger partial charge in [0.15, 0.2) is 0 Å². The predicted molar refractivity (Wildman–Crippen MR) is 122 cm³/mol. The number of anilines is 2. The zero-order valence-corrected chi connectivity index (χ0v) is 17.7. The minimum atomic E-state index is 0.707. The number of nitrogens with one attached hydrogen (secondary N) is 2. The molecule has 2 aromatic heterocycles. The Morgan fingerprint density at radius 1 is 1.07 bits per heavy atom. The molecule has 0 radical (unpaired) electrons. The molecule has 1 aliphatic rings. The van der Waals surface area contributed by atoms with Gasteiger partial charge in [-0.15, -0.1) is 0 Å². The lowest BCUT2D eigenvalue weighted by Gasteiger charge is -2.22. The first-order valence-corrected chi connectivity index (χ1v) is 10.9. The summed E-state index contributed by atoms with van der Waals surface area (Å²) in [4.78, 5) is 13.8. The second-order valence-corrected chi connectivity index (χ2v) is 7.93. The summed E-state index contributed by atoms with van der Waals surface area (Å²) >= 11 is 0. The maximum Gasteiger partial charge on any atom is 0.224 e. The largest absolute Gasteiger partial charge is 0.356 e. The lowest BCUT2D eigenvalue weighted by atomic mass is 10.1. The molecule has 1 saturated heterocycles. The summed E-state index contributed by atoms with van der Waals surface area (Å²) in [5, 5.41) is 10.8. The predicted octanol–water partition coefficient (Wildman–Crippen LogP) is 3.79. The fraction of sp³-hybridized carbons (Fsp3) is 0.435. The number of H-pyrrole nitrogens is 1. The summed E-state index contributed by atoms with van der Waals surface area (Å²) in [6, 6.07) is 12.3. The van der Waals surface area contributed by atoms with E-state index in [1.165, 1.54) is 31.2 Å². The van der Waals surface area contributed by atoms with Crippen LogP contribution in [0.25, 0.3) is 11.3 Å². The average molecular weight is 406 g/mol. The Kier molecular flexibility index (Phi) is 6.92. The van der Waals surface area contributed by atoms with Gasteiger partial charge in [-0.05, 0) is 26.0 Å². The van der Waals surface area contributed by atoms with Gasteiger partial charge in [0.25, 0.3) is 0 Å². The van der Waals surface area contributed by atoms with Gasteiger partial charge in [-0.1, -0.05) is 43.2 Å². The van der Waals surface area contributed by atoms with Crippen LogP contribution in [0.15, 0.2) is 48.8 Å². The van der Waals surface area contributed by atoms with Gasteiger partial charge in [-0.2, -0.15) is 10.1 Å². The van der Waals surface area contributed by atoms with E-state index < -0.39 is 0 Å². The van der Waals surface area contributed by atoms with E-state index in [1.807, 2.05) is 36.7 Å². The van der Waals surface area contributed by atoms with Crippen LogP contribution in [0.2, 0.25) is 0 Å². The highest BCUT2D eigenvalue weighted by Crippen LogP contribution is 2.21. The molecule has 3 heterocycles. The van der Waals surface area contributed by atoms with Crippen LogP contribution in [-0.2, 0) is 6.54 Å². The molecule has 1 fully saturated rings. The first-order chi connectivity index (χ1) is 14.8. The molecule has 7 heteroatoms. The molecule has 0 amide bonds. The van der Waals surface area contributed by atoms with Crippen molar-refractivity contribution in [1.82, 2.24) is 25.1 Å². The highest BCUT2D eigenvalue weighted by Gasteiger charge is 2.13. The van der Waals surface area contributed by atoms with E-state index >= 15 is 0 Å². The van der Waals surface area contributed by atoms with Gasteiger partial charge in [-0.25, -0.2) is 4.98 Å². The van der Waals surface area contributed by atoms with Crippen molar-refractivity contribution < 1.29 is 0 Å². The number of aromatic nitrogens is 4. The molecule has 4 rings (SSSR count). The van der Waals surface area contributed by atoms with E-state index in [0.717, 1.165) is 49.8 Å². The van der Waals surface area contributed by atoms with Crippen LogP contribution in [0.5, 0.6) is 0 Å². The Morgan fingerprint density at radius 3 is 2.67 bits per heavy atom. The molecule has 30 heavy (non-hydrogen) atoms. The van der Waals surface area contributed by atoms with Crippen LogP contribution in [0, 0.1) is 0 Å². The van der Waals surface area contributed by atoms with Crippen LogP contribution < -0.4 is 10.2 Å². The topological polar surface area (TPSA) is 73.0 Å². The van der Waals surface area contributed by atoms with Crippen LogP contribution in [0.1, 0.15) is 31.2 Å². The summed E-state index contributed by atoms with van der Waals surface area (Å²) in [5.41, 5.74) is 3.35. The Hall–Kier alpha value is -2.93. The van der Waals surface area contributed by atoms with Crippen molar-refractivity contribution in [2.75, 3.05) is 43.4 Å². The van der Waals surface area contributed by atoms with Gasteiger partial charge in [0.05, 0.1) is 5.69 Å². The van der Waals surface area contributed by atoms with Crippen molar-refractivity contribution in [2.45, 2.75) is 32.2 Å². The second kappa shape index (κ2) is 10.2. The van der Waals surface area contributed by atoms with E-state index in [-0.39, 0.29) is 0 Å². The third kappa shape index (κ3) is 5.36. The number of likely N-dealkylation sites (N-methyl/N-ethyl adjacent to an activating group) is 1. The molecular formula is C23H31N7. The molecule has 0 aliphatic carbocycles. The van der Waals surface area contributed by atoms with Crippen LogP contribution in [-0.4, -0.2) is 58.3 Å². The fourth-order valence-corrected chi connectivity index (χ4v) is 3.92. The van der Waals surface area contributed by atoms with Crippen molar-refractivity contribution >= 4 is 11.8 Å². The molecule has 3 aromatic rings. The lowest BCUT2D eigenvalue weighted by Crippen LogP contribution is -2.27. The number of hydrogen-bond donors (Lipinski definition) is 2. The number of aromatic amines is 1. The van der Waals surface area contributed by atoms with Gasteiger partial charge < -0.3 is 15.1 Å². The molecule has 2 N–H and O–H groups in total. The van der Waals surface area contributed by atoms with Crippen molar-refractivity contribution in [3.63, 3.8) is 0 Å². The van der Waals surface area contributed by atoms with E-state index in [4.69, 9.17) is 4.98 Å². The third-order valence-electron chi connectivity index (χ3n) is 5.55. The van der Waals surface area contributed by atoms with Gasteiger partial charge >= 0.3 is 0 Å². The fourth-order valence-electron chi connectivity index (χ4n) is 3.92. The van der Waals surface area contributed by atoms with Crippen molar-refractivity contribution in [3.8, 4) is 11.3 Å². The summed E-state index contributed by atoms with van der Waals surface area (Å²) in [5.74, 6) is 1.74. The molecule has 0 atom stereocenters. The summed E-state index contributed by atoms with van der Waals surface area (Å²) in [7, 11) is 2.12. The molecule has 0 unspecified atom stereocenters. The minimum Gasteiger partial charge on any atom is -0.356 e. The Labute approximate surface area is 178 Å². The summed E-state index contributed by atoms with van der Waals surface area (Å²) in [6.45, 7) is 4.69. The zero-order chi connectivity index (χ0) is 20.6. The van der Waals surface area contributed by atoms with E-state index in [1.54, 1.807) is 0 Å². The molecule has 0 spiro atoms. The number of benzene rings is 1. The first-order valence-electron chi connectivity index (χ1n) is 10.9. The van der Waals surface area contributed by atoms with Crippen LogP contribution in [0.3, 0.4) is 0 Å². The molecule has 1 aromatic carbocycles. The van der Waals surface area contributed by atoms with Gasteiger partial charge in [0.2, 0.25) is 5.95 Å². The summed E-state index contributed by atoms with van der Waals surface area (Å²) in [6.07, 6.45) is 8.98. The number of nitrogens with zero attached hydrogens (tertiary/aromatic N) is 5. The maximum atomic E-state index is 4.73. The van der Waals surface area contributed by atoms with E-state index in [9.17, 15) is 0 Å². The Bertz CT molecular complexity index is 901. The molecule has 7 nitrogen and oxygen atoms in total. The van der Waals surface area contributed by atoms with Crippen LogP contribution >= 0.6 is 0 Å². The standard InChI is InChI=1S/C23H31N7/c1-29(18-20-17-26-28-22(20)19-9-5-4-6-10-19)16-13-25-23-24-12-11-21(27-23)30-14-7-2-3-8-15-30/h4-6,9-12,17H,2-3,7-8,13-16,18H2,1H3,(H,26,28)(H,24,25,27). The quantitative estimate of drug-likeness (QED) is 0.594. The van der Waals surface area contributed by atoms with Gasteiger partial charge in [0, 0.05) is 56.2 Å². The summed E-state index contributed by atoms with van der Waals surface area (Å²) < 4.78 is 0. The van der Waals surface area contributed by atoms with Crippen molar-refractivity contribution in [3.05, 3.63) is 54.4 Å². The number of hydrogen-bond acceptors (Lipinski definition) is 6. The molecule has 0 bridgehead atoms. The SMILES string of the molecule is CN(CCNc1nccc(N2CCCCCC2)n1)Cc1c[nH]nc1-c1ccccc1. The highest BCUT2D eigenvalue weighted by atomic mass is 15.2. The molecular weight excluding hydrogens is 374 g/mol. The van der Waals surface area contributed by atoms with Crippen molar-refractivity contribution in [1.29, 1.82) is 0 Å². The second-order valence-electron chi connectivity index (χ2n) is 7.93. The van der Waals surface area contributed by atoms with E-state index in [2.05, 4.69) is 49.5 Å². The van der Waals surface area contributed by atoms with Crippen molar-refractivity contribution in [2.24, 2.45) is 0 Å². The minimum absolute atomic E-state index is 0.707. The molecule has 158 valence electrons. The third-order valence-corrected chi connectivity index (χ3v) is 5.55. The Morgan fingerprint density at radius 2 is 1.87 bits per heavy atom. The molecule has 0 saturated carbocycles. The first kappa shape index (κ1) is 20.3. The lowest BCUT2D eigenvalue weighted by molar-refractivity contribution is 0.340. The highest BCUT2D eigenvalue weighted by molar-refractivity contribution is 5.62. The molecule has 1 aliphatic heterocycles. The smallest absolute Gasteiger partial charge is 0.224 e. The zero-order valence-electron chi connectivity index (χ0n) is 17.7. The van der Waals surface area contributed by atoms with Gasteiger partial charge in [-0.3, -0.25) is 5.10 Å². The monoisotopic (exact) mass is 405 g/mol. The Balaban J connectivity index is 1.29. The number of rotatable bonds is 8. The van der Waals surface area contributed by atoms with Gasteiger partial charge in [0.1, 0.15) is 5.82 Å². The normalized spacial score (nSPS) is 14.7. The van der Waals surface area contributed by atoms with Crippen LogP contribution in [0.4, 0.5) is 11.8 Å².